The Morgan fingerprint density at radius 3 is 2.55 bits per heavy atom. The molecule has 154 valence electrons. The number of thioether (sulfide) groups is 1. The minimum absolute atomic E-state index is 0.121. The fourth-order valence-electron chi connectivity index (χ4n) is 3.49. The first-order valence-corrected chi connectivity index (χ1v) is 11.3. The van der Waals surface area contributed by atoms with E-state index in [0.29, 0.717) is 30.1 Å². The molecule has 0 bridgehead atoms. The van der Waals surface area contributed by atoms with E-state index in [1.807, 2.05) is 37.4 Å². The third-order valence-corrected chi connectivity index (χ3v) is 6.65. The topological polar surface area (TPSA) is 79.7 Å². The lowest BCUT2D eigenvalue weighted by atomic mass is 9.95. The first-order chi connectivity index (χ1) is 13.9. The lowest BCUT2D eigenvalue weighted by Crippen LogP contribution is -2.32. The average Bonchev–Trinajstić information content (AvgIpc) is 3.18. The number of nitrogens with zero attached hydrogens (tertiary/aromatic N) is 2. The van der Waals surface area contributed by atoms with Crippen LogP contribution >= 0.6 is 23.1 Å². The van der Waals surface area contributed by atoms with E-state index >= 15 is 0 Å². The second-order valence-corrected chi connectivity index (χ2v) is 8.84. The van der Waals surface area contributed by atoms with Crippen LogP contribution in [0.5, 0.6) is 0 Å². The molecule has 2 aromatic rings. The number of rotatable bonds is 8. The number of ketones is 1. The van der Waals surface area contributed by atoms with E-state index in [1.54, 1.807) is 30.7 Å². The molecular formula is C21H24N2O4S2. The van der Waals surface area contributed by atoms with Crippen molar-refractivity contribution in [1.29, 1.82) is 0 Å². The van der Waals surface area contributed by atoms with Crippen LogP contribution in [0.4, 0.5) is 0 Å². The van der Waals surface area contributed by atoms with Crippen molar-refractivity contribution >= 4 is 34.8 Å². The van der Waals surface area contributed by atoms with Crippen LogP contribution in [-0.4, -0.2) is 53.2 Å². The van der Waals surface area contributed by atoms with E-state index in [1.165, 1.54) is 11.3 Å². The predicted octanol–water partition coefficient (Wildman–Crippen LogP) is 4.10. The number of aliphatic hydroxyl groups excluding tert-OH is 1. The van der Waals surface area contributed by atoms with Crippen molar-refractivity contribution in [3.63, 3.8) is 0 Å². The van der Waals surface area contributed by atoms with Crippen LogP contribution in [0.15, 0.2) is 40.5 Å². The van der Waals surface area contributed by atoms with Crippen LogP contribution in [0.25, 0.3) is 0 Å². The van der Waals surface area contributed by atoms with Gasteiger partial charge in [-0.1, -0.05) is 12.1 Å². The molecule has 0 fully saturated rings. The zero-order valence-corrected chi connectivity index (χ0v) is 18.5. The molecule has 3 rings (SSSR count). The van der Waals surface area contributed by atoms with Gasteiger partial charge in [0, 0.05) is 25.2 Å². The van der Waals surface area contributed by atoms with Gasteiger partial charge in [-0.3, -0.25) is 9.59 Å². The van der Waals surface area contributed by atoms with E-state index in [4.69, 9.17) is 4.74 Å². The van der Waals surface area contributed by atoms with E-state index < -0.39 is 17.7 Å². The smallest absolute Gasteiger partial charge is 0.290 e. The summed E-state index contributed by atoms with van der Waals surface area (Å²) in [4.78, 5) is 33.6. The Balaban J connectivity index is 2.05. The molecular weight excluding hydrogens is 408 g/mol. The molecule has 1 unspecified atom stereocenters. The monoisotopic (exact) mass is 432 g/mol. The van der Waals surface area contributed by atoms with Crippen molar-refractivity contribution < 1.29 is 19.4 Å². The summed E-state index contributed by atoms with van der Waals surface area (Å²) in [5, 5.41) is 11.4. The van der Waals surface area contributed by atoms with Crippen LogP contribution in [0.2, 0.25) is 0 Å². The number of aromatic nitrogens is 1. The van der Waals surface area contributed by atoms with Gasteiger partial charge in [-0.2, -0.15) is 0 Å². The third kappa shape index (κ3) is 4.24. The Bertz CT molecular complexity index is 950. The summed E-state index contributed by atoms with van der Waals surface area (Å²) in [5.74, 6) is -1.34. The Morgan fingerprint density at radius 2 is 2.00 bits per heavy atom. The molecule has 0 radical (unpaired) electrons. The molecule has 0 spiro atoms. The summed E-state index contributed by atoms with van der Waals surface area (Å²) in [6.45, 7) is 4.46. The van der Waals surface area contributed by atoms with Gasteiger partial charge in [-0.15, -0.1) is 23.1 Å². The maximum Gasteiger partial charge on any atom is 0.290 e. The van der Waals surface area contributed by atoms with Gasteiger partial charge in [0.05, 0.1) is 27.2 Å². The van der Waals surface area contributed by atoms with Crippen molar-refractivity contribution in [2.24, 2.45) is 0 Å². The first kappa shape index (κ1) is 21.5. The standard InChI is InChI=1S/C21H24N2O4S2/c1-12-20(29-13(2)22-12)18(24)16-17(14-6-8-15(28-4)9-7-14)23(10-5-11-27-3)21(26)19(16)25/h6-9,17,25H,5,10-11H2,1-4H3. The van der Waals surface area contributed by atoms with E-state index in [2.05, 4.69) is 4.98 Å². The molecule has 1 amide bonds. The Labute approximate surface area is 178 Å². The molecule has 1 aromatic heterocycles. The highest BCUT2D eigenvalue weighted by atomic mass is 32.2. The zero-order chi connectivity index (χ0) is 21.1. The summed E-state index contributed by atoms with van der Waals surface area (Å²) < 4.78 is 5.11. The number of hydrogen-bond acceptors (Lipinski definition) is 7. The van der Waals surface area contributed by atoms with Crippen LogP contribution < -0.4 is 0 Å². The second-order valence-electron chi connectivity index (χ2n) is 6.76. The molecule has 0 saturated heterocycles. The Morgan fingerprint density at radius 1 is 1.31 bits per heavy atom. The van der Waals surface area contributed by atoms with Crippen molar-refractivity contribution in [1.82, 2.24) is 9.88 Å². The number of Topliss-reactive ketones (excluding diaryl/α,β-unsaturated/α-hetero) is 1. The largest absolute Gasteiger partial charge is 0.503 e. The van der Waals surface area contributed by atoms with Crippen molar-refractivity contribution in [3.05, 3.63) is 56.7 Å². The first-order valence-electron chi connectivity index (χ1n) is 9.24. The summed E-state index contributed by atoms with van der Waals surface area (Å²) in [7, 11) is 1.60. The van der Waals surface area contributed by atoms with Crippen LogP contribution in [0.3, 0.4) is 0 Å². The molecule has 6 nitrogen and oxygen atoms in total. The molecule has 0 saturated carbocycles. The molecule has 1 aromatic carbocycles. The molecule has 1 aliphatic rings. The van der Waals surface area contributed by atoms with Gasteiger partial charge in [0.15, 0.2) is 5.76 Å². The van der Waals surface area contributed by atoms with Crippen molar-refractivity contribution in [3.8, 4) is 0 Å². The lowest BCUT2D eigenvalue weighted by Gasteiger charge is -2.27. The number of aryl methyl sites for hydroxylation is 2. The van der Waals surface area contributed by atoms with Gasteiger partial charge in [0.25, 0.3) is 5.91 Å². The van der Waals surface area contributed by atoms with Crippen LogP contribution in [0.1, 0.15) is 38.4 Å². The maximum absolute atomic E-state index is 13.4. The van der Waals surface area contributed by atoms with Gasteiger partial charge < -0.3 is 14.7 Å². The molecule has 1 N–H and O–H groups in total. The van der Waals surface area contributed by atoms with E-state index in [9.17, 15) is 14.7 Å². The number of methoxy groups -OCH3 is 1. The number of carbonyl (C=O) groups excluding carboxylic acids is 2. The maximum atomic E-state index is 13.4. The Kier molecular flexibility index (Phi) is 6.77. The highest BCUT2D eigenvalue weighted by molar-refractivity contribution is 7.98. The third-order valence-electron chi connectivity index (χ3n) is 4.84. The van der Waals surface area contributed by atoms with Gasteiger partial charge in [-0.25, -0.2) is 4.98 Å². The molecule has 1 aliphatic heterocycles. The number of amides is 1. The molecule has 8 heteroatoms. The lowest BCUT2D eigenvalue weighted by molar-refractivity contribution is -0.129. The molecule has 1 atom stereocenters. The highest BCUT2D eigenvalue weighted by Crippen LogP contribution is 2.40. The average molecular weight is 433 g/mol. The van der Waals surface area contributed by atoms with Crippen molar-refractivity contribution in [2.75, 3.05) is 26.5 Å². The Hall–Kier alpha value is -2.16. The SMILES string of the molecule is COCCCN1C(=O)C(O)=C(C(=O)c2sc(C)nc2C)C1c1ccc(SC)cc1. The van der Waals surface area contributed by atoms with Gasteiger partial charge in [0.1, 0.15) is 0 Å². The van der Waals surface area contributed by atoms with Crippen LogP contribution in [0, 0.1) is 13.8 Å². The number of hydrogen-bond donors (Lipinski definition) is 1. The minimum Gasteiger partial charge on any atom is -0.503 e. The molecule has 0 aliphatic carbocycles. The zero-order valence-electron chi connectivity index (χ0n) is 16.9. The fraction of sp³-hybridized carbons (Fsp3) is 0.381. The molecule has 29 heavy (non-hydrogen) atoms. The number of ether oxygens (including phenoxy) is 1. The normalized spacial score (nSPS) is 16.8. The summed E-state index contributed by atoms with van der Waals surface area (Å²) in [6.07, 6.45) is 2.59. The summed E-state index contributed by atoms with van der Waals surface area (Å²) >= 11 is 2.89. The van der Waals surface area contributed by atoms with Gasteiger partial charge in [0.2, 0.25) is 5.78 Å². The van der Waals surface area contributed by atoms with E-state index in [0.717, 1.165) is 15.5 Å². The number of benzene rings is 1. The summed E-state index contributed by atoms with van der Waals surface area (Å²) in [5.41, 5.74) is 1.52. The van der Waals surface area contributed by atoms with Crippen molar-refractivity contribution in [2.45, 2.75) is 31.2 Å². The number of thiazole rings is 1. The predicted molar refractivity (Wildman–Crippen MR) is 115 cm³/mol. The second kappa shape index (κ2) is 9.11. The number of aliphatic hydroxyl groups is 1. The van der Waals surface area contributed by atoms with E-state index in [-0.39, 0.29) is 11.4 Å². The quantitative estimate of drug-likeness (QED) is 0.384. The number of carbonyl (C=O) groups is 2. The van der Waals surface area contributed by atoms with Gasteiger partial charge in [-0.05, 0) is 44.2 Å². The summed E-state index contributed by atoms with van der Waals surface area (Å²) in [6, 6.07) is 7.09. The molecule has 2 heterocycles. The highest BCUT2D eigenvalue weighted by Gasteiger charge is 2.44. The fourth-order valence-corrected chi connectivity index (χ4v) is 4.77. The van der Waals surface area contributed by atoms with Gasteiger partial charge >= 0.3 is 0 Å². The van der Waals surface area contributed by atoms with Crippen LogP contribution in [-0.2, 0) is 9.53 Å². The minimum atomic E-state index is -0.635.